The Morgan fingerprint density at radius 3 is 2.64 bits per heavy atom. The monoisotopic (exact) mass is 189 g/mol. The molecule has 0 saturated carbocycles. The Morgan fingerprint density at radius 2 is 2.07 bits per heavy atom. The highest BCUT2D eigenvalue weighted by Gasteiger charge is 2.14. The van der Waals surface area contributed by atoms with Crippen molar-refractivity contribution in [2.45, 2.75) is 26.3 Å². The van der Waals surface area contributed by atoms with Crippen molar-refractivity contribution >= 4 is 6.08 Å². The van der Waals surface area contributed by atoms with Gasteiger partial charge in [-0.05, 0) is 17.0 Å². The van der Waals surface area contributed by atoms with Crippen molar-refractivity contribution in [2.75, 3.05) is 0 Å². The fraction of sp³-hybridized carbons (Fsp3) is 0.385. The standard InChI is InChI=1S/C13H19N/c1-4-10(3)13(14)12-9-7-6-8-11(12)5-2/h5-10,13H,2,4,14H2,1,3H3. The lowest BCUT2D eigenvalue weighted by Crippen LogP contribution is -2.19. The third-order valence-corrected chi connectivity index (χ3v) is 2.83. The SMILES string of the molecule is C=Cc1ccccc1C(N)C(C)CC. The minimum absolute atomic E-state index is 0.120. The first-order chi connectivity index (χ1) is 6.70. The van der Waals surface area contributed by atoms with E-state index in [4.69, 9.17) is 5.73 Å². The molecule has 1 aromatic rings. The molecule has 0 spiro atoms. The normalized spacial score (nSPS) is 14.8. The van der Waals surface area contributed by atoms with E-state index in [1.807, 2.05) is 18.2 Å². The van der Waals surface area contributed by atoms with Crippen molar-refractivity contribution in [1.29, 1.82) is 0 Å². The molecule has 2 atom stereocenters. The topological polar surface area (TPSA) is 26.0 Å². The Hall–Kier alpha value is -1.08. The second-order valence-corrected chi connectivity index (χ2v) is 3.74. The molecule has 1 nitrogen and oxygen atoms in total. The predicted molar refractivity (Wildman–Crippen MR) is 62.9 cm³/mol. The van der Waals surface area contributed by atoms with Gasteiger partial charge in [-0.15, -0.1) is 0 Å². The molecule has 1 aromatic carbocycles. The molecule has 0 aliphatic heterocycles. The number of hydrogen-bond acceptors (Lipinski definition) is 1. The van der Waals surface area contributed by atoms with Crippen LogP contribution in [0.1, 0.15) is 37.4 Å². The van der Waals surface area contributed by atoms with Gasteiger partial charge in [0.25, 0.3) is 0 Å². The molecule has 1 rings (SSSR count). The minimum Gasteiger partial charge on any atom is -0.324 e. The van der Waals surface area contributed by atoms with Gasteiger partial charge in [-0.25, -0.2) is 0 Å². The molecule has 0 heterocycles. The lowest BCUT2D eigenvalue weighted by atomic mass is 9.90. The van der Waals surface area contributed by atoms with Gasteiger partial charge in [0.2, 0.25) is 0 Å². The molecule has 0 aliphatic rings. The largest absolute Gasteiger partial charge is 0.324 e. The molecule has 2 unspecified atom stereocenters. The van der Waals surface area contributed by atoms with E-state index in [9.17, 15) is 0 Å². The molecule has 0 aromatic heterocycles. The molecule has 0 radical (unpaired) electrons. The number of nitrogens with two attached hydrogens (primary N) is 1. The first kappa shape index (κ1) is 11.0. The van der Waals surface area contributed by atoms with Gasteiger partial charge >= 0.3 is 0 Å². The summed E-state index contributed by atoms with van der Waals surface area (Å²) >= 11 is 0. The van der Waals surface area contributed by atoms with E-state index in [1.54, 1.807) is 0 Å². The third kappa shape index (κ3) is 2.24. The highest BCUT2D eigenvalue weighted by Crippen LogP contribution is 2.25. The maximum absolute atomic E-state index is 6.18. The van der Waals surface area contributed by atoms with Gasteiger partial charge in [-0.2, -0.15) is 0 Å². The number of hydrogen-bond donors (Lipinski definition) is 1. The van der Waals surface area contributed by atoms with E-state index in [-0.39, 0.29) is 6.04 Å². The van der Waals surface area contributed by atoms with Crippen LogP contribution in [-0.2, 0) is 0 Å². The summed E-state index contributed by atoms with van der Waals surface area (Å²) < 4.78 is 0. The Balaban J connectivity index is 2.99. The van der Waals surface area contributed by atoms with Crippen LogP contribution >= 0.6 is 0 Å². The van der Waals surface area contributed by atoms with E-state index in [2.05, 4.69) is 32.6 Å². The van der Waals surface area contributed by atoms with Crippen LogP contribution in [0.5, 0.6) is 0 Å². The molecule has 0 bridgehead atoms. The van der Waals surface area contributed by atoms with E-state index < -0.39 is 0 Å². The number of rotatable bonds is 4. The quantitative estimate of drug-likeness (QED) is 0.772. The van der Waals surface area contributed by atoms with E-state index in [0.717, 1.165) is 12.0 Å². The van der Waals surface area contributed by atoms with Crippen LogP contribution in [0.2, 0.25) is 0 Å². The van der Waals surface area contributed by atoms with Crippen LogP contribution in [0, 0.1) is 5.92 Å². The second-order valence-electron chi connectivity index (χ2n) is 3.74. The van der Waals surface area contributed by atoms with Crippen molar-refractivity contribution in [3.63, 3.8) is 0 Å². The summed E-state index contributed by atoms with van der Waals surface area (Å²) in [7, 11) is 0. The lowest BCUT2D eigenvalue weighted by Gasteiger charge is -2.20. The zero-order valence-electron chi connectivity index (χ0n) is 9.03. The Labute approximate surface area is 86.6 Å². The molecule has 14 heavy (non-hydrogen) atoms. The molecular weight excluding hydrogens is 170 g/mol. The fourth-order valence-corrected chi connectivity index (χ4v) is 1.56. The lowest BCUT2D eigenvalue weighted by molar-refractivity contribution is 0.456. The van der Waals surface area contributed by atoms with E-state index in [1.165, 1.54) is 5.56 Å². The summed E-state index contributed by atoms with van der Waals surface area (Å²) in [6, 6.07) is 8.32. The van der Waals surface area contributed by atoms with Crippen molar-refractivity contribution in [2.24, 2.45) is 11.7 Å². The maximum atomic E-state index is 6.18. The molecule has 76 valence electrons. The fourth-order valence-electron chi connectivity index (χ4n) is 1.56. The first-order valence-corrected chi connectivity index (χ1v) is 5.17. The molecule has 1 heteroatoms. The van der Waals surface area contributed by atoms with Crippen molar-refractivity contribution in [3.8, 4) is 0 Å². The molecule has 0 amide bonds. The van der Waals surface area contributed by atoms with Gasteiger partial charge < -0.3 is 5.73 Å². The Morgan fingerprint density at radius 1 is 1.43 bits per heavy atom. The molecule has 0 saturated heterocycles. The van der Waals surface area contributed by atoms with Crippen LogP contribution in [0.15, 0.2) is 30.8 Å². The summed E-state index contributed by atoms with van der Waals surface area (Å²) in [5.41, 5.74) is 8.54. The van der Waals surface area contributed by atoms with Crippen LogP contribution in [-0.4, -0.2) is 0 Å². The van der Waals surface area contributed by atoms with Crippen molar-refractivity contribution in [3.05, 3.63) is 42.0 Å². The molecule has 2 N–H and O–H groups in total. The van der Waals surface area contributed by atoms with E-state index >= 15 is 0 Å². The number of benzene rings is 1. The second kappa shape index (κ2) is 4.97. The molecular formula is C13H19N. The minimum atomic E-state index is 0.120. The van der Waals surface area contributed by atoms with Crippen LogP contribution in [0.4, 0.5) is 0 Å². The summed E-state index contributed by atoms with van der Waals surface area (Å²) in [6.07, 6.45) is 2.98. The third-order valence-electron chi connectivity index (χ3n) is 2.83. The van der Waals surface area contributed by atoms with E-state index in [0.29, 0.717) is 5.92 Å². The van der Waals surface area contributed by atoms with Crippen molar-refractivity contribution in [1.82, 2.24) is 0 Å². The molecule has 0 aliphatic carbocycles. The summed E-state index contributed by atoms with van der Waals surface area (Å²) in [4.78, 5) is 0. The van der Waals surface area contributed by atoms with Crippen molar-refractivity contribution < 1.29 is 0 Å². The van der Waals surface area contributed by atoms with Gasteiger partial charge in [0.1, 0.15) is 0 Å². The van der Waals surface area contributed by atoms with Gasteiger partial charge in [0, 0.05) is 6.04 Å². The van der Waals surface area contributed by atoms with Gasteiger partial charge in [0.15, 0.2) is 0 Å². The summed E-state index contributed by atoms with van der Waals surface area (Å²) in [5, 5.41) is 0. The Kier molecular flexibility index (Phi) is 3.90. The smallest absolute Gasteiger partial charge is 0.0326 e. The average Bonchev–Trinajstić information content (AvgIpc) is 2.26. The Bertz CT molecular complexity index is 304. The summed E-state index contributed by atoms with van der Waals surface area (Å²) in [5.74, 6) is 0.510. The molecule has 0 fully saturated rings. The van der Waals surface area contributed by atoms with Crippen LogP contribution < -0.4 is 5.73 Å². The van der Waals surface area contributed by atoms with Gasteiger partial charge in [-0.1, -0.05) is 57.2 Å². The van der Waals surface area contributed by atoms with Crippen LogP contribution in [0.25, 0.3) is 6.08 Å². The zero-order valence-corrected chi connectivity index (χ0v) is 9.03. The highest BCUT2D eigenvalue weighted by molar-refractivity contribution is 5.52. The predicted octanol–water partition coefficient (Wildman–Crippen LogP) is 3.38. The average molecular weight is 189 g/mol. The van der Waals surface area contributed by atoms with Crippen LogP contribution in [0.3, 0.4) is 0 Å². The maximum Gasteiger partial charge on any atom is 0.0326 e. The highest BCUT2D eigenvalue weighted by atomic mass is 14.6. The first-order valence-electron chi connectivity index (χ1n) is 5.17. The zero-order chi connectivity index (χ0) is 10.6. The van der Waals surface area contributed by atoms with Gasteiger partial charge in [0.05, 0.1) is 0 Å². The van der Waals surface area contributed by atoms with Gasteiger partial charge in [-0.3, -0.25) is 0 Å². The summed E-state index contributed by atoms with van der Waals surface area (Å²) in [6.45, 7) is 8.16.